The van der Waals surface area contributed by atoms with Gasteiger partial charge in [0.05, 0.1) is 17.5 Å². The molecule has 0 aliphatic heterocycles. The molecule has 7 heteroatoms. The van der Waals surface area contributed by atoms with E-state index in [4.69, 9.17) is 0 Å². The lowest BCUT2D eigenvalue weighted by molar-refractivity contribution is 0.0907. The van der Waals surface area contributed by atoms with Gasteiger partial charge in [-0.1, -0.05) is 32.0 Å². The predicted molar refractivity (Wildman–Crippen MR) is 97.0 cm³/mol. The molecule has 138 valence electrons. The van der Waals surface area contributed by atoms with E-state index in [1.165, 1.54) is 18.5 Å². The molecular formula is C20H19FN4O2. The maximum Gasteiger partial charge on any atom is 0.257 e. The Kier molecular flexibility index (Phi) is 4.02. The van der Waals surface area contributed by atoms with Gasteiger partial charge in [0.1, 0.15) is 11.4 Å². The first kappa shape index (κ1) is 17.3. The molecule has 0 bridgehead atoms. The molecule has 27 heavy (non-hydrogen) atoms. The van der Waals surface area contributed by atoms with Crippen molar-refractivity contribution in [3.05, 3.63) is 64.9 Å². The van der Waals surface area contributed by atoms with Crippen LogP contribution < -0.4 is 5.32 Å². The van der Waals surface area contributed by atoms with E-state index >= 15 is 0 Å². The fourth-order valence-electron chi connectivity index (χ4n) is 3.50. The van der Waals surface area contributed by atoms with Crippen LogP contribution in [0, 0.1) is 11.2 Å². The Labute approximate surface area is 155 Å². The minimum absolute atomic E-state index is 0.0386. The second-order valence-electron chi connectivity index (χ2n) is 7.63. The van der Waals surface area contributed by atoms with E-state index in [1.54, 1.807) is 22.7 Å². The summed E-state index contributed by atoms with van der Waals surface area (Å²) in [7, 11) is 0. The van der Waals surface area contributed by atoms with Gasteiger partial charge in [-0.05, 0) is 17.9 Å². The average molecular weight is 366 g/mol. The molecular weight excluding hydrogens is 347 g/mol. The smallest absolute Gasteiger partial charge is 0.257 e. The molecule has 0 atom stereocenters. The summed E-state index contributed by atoms with van der Waals surface area (Å²) in [5.41, 5.74) is 2.25. The van der Waals surface area contributed by atoms with E-state index < -0.39 is 0 Å². The lowest BCUT2D eigenvalue weighted by Crippen LogP contribution is -2.29. The molecule has 3 aromatic rings. The molecule has 1 aliphatic rings. The first-order valence-electron chi connectivity index (χ1n) is 8.76. The predicted octanol–water partition coefficient (Wildman–Crippen LogP) is 2.95. The average Bonchev–Trinajstić information content (AvgIpc) is 3.04. The summed E-state index contributed by atoms with van der Waals surface area (Å²) in [6.45, 7) is 4.14. The SMILES string of the molecule is CC1(C)CC(=O)c2cnc3c(C(=O)NCc4ccccc4F)cnn3c2C1. The molecule has 0 unspecified atom stereocenters. The Morgan fingerprint density at radius 2 is 2.04 bits per heavy atom. The number of nitrogens with one attached hydrogen (secondary N) is 1. The number of amides is 1. The molecule has 0 spiro atoms. The van der Waals surface area contributed by atoms with Crippen molar-refractivity contribution in [1.82, 2.24) is 19.9 Å². The molecule has 0 radical (unpaired) electrons. The fraction of sp³-hybridized carbons (Fsp3) is 0.300. The van der Waals surface area contributed by atoms with Crippen molar-refractivity contribution < 1.29 is 14.0 Å². The van der Waals surface area contributed by atoms with Crippen molar-refractivity contribution in [2.45, 2.75) is 33.2 Å². The van der Waals surface area contributed by atoms with Gasteiger partial charge in [-0.2, -0.15) is 5.10 Å². The number of carbonyl (C=O) groups excluding carboxylic acids is 2. The van der Waals surface area contributed by atoms with Gasteiger partial charge >= 0.3 is 0 Å². The van der Waals surface area contributed by atoms with Gasteiger partial charge in [-0.3, -0.25) is 9.59 Å². The quantitative estimate of drug-likeness (QED) is 0.773. The second-order valence-corrected chi connectivity index (χ2v) is 7.63. The van der Waals surface area contributed by atoms with E-state index in [0.29, 0.717) is 35.2 Å². The monoisotopic (exact) mass is 366 g/mol. The molecule has 0 fully saturated rings. The Balaban J connectivity index is 1.65. The third kappa shape index (κ3) is 3.09. The zero-order valence-electron chi connectivity index (χ0n) is 15.1. The zero-order chi connectivity index (χ0) is 19.2. The second kappa shape index (κ2) is 6.26. The normalized spacial score (nSPS) is 15.6. The number of rotatable bonds is 3. The van der Waals surface area contributed by atoms with Crippen LogP contribution in [0.2, 0.25) is 0 Å². The topological polar surface area (TPSA) is 76.4 Å². The van der Waals surface area contributed by atoms with Crippen molar-refractivity contribution in [1.29, 1.82) is 0 Å². The van der Waals surface area contributed by atoms with E-state index in [-0.39, 0.29) is 29.5 Å². The lowest BCUT2D eigenvalue weighted by atomic mass is 9.76. The number of nitrogens with zero attached hydrogens (tertiary/aromatic N) is 3. The van der Waals surface area contributed by atoms with Crippen LogP contribution in [0.15, 0.2) is 36.7 Å². The van der Waals surface area contributed by atoms with Gasteiger partial charge in [0.2, 0.25) is 0 Å². The van der Waals surface area contributed by atoms with Crippen LogP contribution in [-0.4, -0.2) is 26.3 Å². The van der Waals surface area contributed by atoms with Crippen LogP contribution in [0.1, 0.15) is 52.2 Å². The van der Waals surface area contributed by atoms with Crippen molar-refractivity contribution in [2.75, 3.05) is 0 Å². The van der Waals surface area contributed by atoms with Crippen molar-refractivity contribution in [3.8, 4) is 0 Å². The molecule has 0 saturated heterocycles. The summed E-state index contributed by atoms with van der Waals surface area (Å²) in [6, 6.07) is 6.28. The van der Waals surface area contributed by atoms with Crippen LogP contribution in [0.3, 0.4) is 0 Å². The summed E-state index contributed by atoms with van der Waals surface area (Å²) >= 11 is 0. The number of fused-ring (bicyclic) bond motifs is 3. The largest absolute Gasteiger partial charge is 0.348 e. The Bertz CT molecular complexity index is 1070. The van der Waals surface area contributed by atoms with E-state index in [1.807, 2.05) is 13.8 Å². The van der Waals surface area contributed by atoms with Crippen LogP contribution in [0.5, 0.6) is 0 Å². The first-order valence-corrected chi connectivity index (χ1v) is 8.76. The molecule has 1 aliphatic carbocycles. The molecule has 1 N–H and O–H groups in total. The van der Waals surface area contributed by atoms with Gasteiger partial charge < -0.3 is 5.32 Å². The van der Waals surface area contributed by atoms with E-state index in [2.05, 4.69) is 15.4 Å². The highest BCUT2D eigenvalue weighted by molar-refractivity contribution is 6.01. The lowest BCUT2D eigenvalue weighted by Gasteiger charge is -2.29. The highest BCUT2D eigenvalue weighted by Gasteiger charge is 2.33. The number of hydrogen-bond donors (Lipinski definition) is 1. The number of ketones is 1. The third-order valence-corrected chi connectivity index (χ3v) is 4.85. The van der Waals surface area contributed by atoms with Crippen LogP contribution in [0.25, 0.3) is 5.65 Å². The zero-order valence-corrected chi connectivity index (χ0v) is 15.1. The summed E-state index contributed by atoms with van der Waals surface area (Å²) in [6.07, 6.45) is 4.10. The van der Waals surface area contributed by atoms with E-state index in [0.717, 1.165) is 5.69 Å². The van der Waals surface area contributed by atoms with Gasteiger partial charge in [0, 0.05) is 24.7 Å². The summed E-state index contributed by atoms with van der Waals surface area (Å²) < 4.78 is 15.3. The summed E-state index contributed by atoms with van der Waals surface area (Å²) in [5, 5.41) is 6.99. The summed E-state index contributed by atoms with van der Waals surface area (Å²) in [5.74, 6) is -0.718. The van der Waals surface area contributed by atoms with Gasteiger partial charge in [-0.15, -0.1) is 0 Å². The third-order valence-electron chi connectivity index (χ3n) is 4.85. The highest BCUT2D eigenvalue weighted by Crippen LogP contribution is 2.34. The van der Waals surface area contributed by atoms with Crippen molar-refractivity contribution in [3.63, 3.8) is 0 Å². The van der Waals surface area contributed by atoms with Crippen LogP contribution in [0.4, 0.5) is 4.39 Å². The molecule has 1 amide bonds. The highest BCUT2D eigenvalue weighted by atomic mass is 19.1. The Morgan fingerprint density at radius 3 is 2.81 bits per heavy atom. The molecule has 2 heterocycles. The Hall–Kier alpha value is -3.09. The Morgan fingerprint density at radius 1 is 1.26 bits per heavy atom. The van der Waals surface area contributed by atoms with Gasteiger partial charge in [0.25, 0.3) is 5.91 Å². The molecule has 4 rings (SSSR count). The maximum absolute atomic E-state index is 13.7. The molecule has 2 aromatic heterocycles. The number of Topliss-reactive ketones (excluding diaryl/α,β-unsaturated/α-hetero) is 1. The number of halogens is 1. The summed E-state index contributed by atoms with van der Waals surface area (Å²) in [4.78, 5) is 29.2. The first-order chi connectivity index (χ1) is 12.9. The van der Waals surface area contributed by atoms with Crippen molar-refractivity contribution >= 4 is 17.3 Å². The molecule has 1 aromatic carbocycles. The van der Waals surface area contributed by atoms with E-state index in [9.17, 15) is 14.0 Å². The maximum atomic E-state index is 13.7. The minimum atomic E-state index is -0.387. The number of aromatic nitrogens is 3. The molecule has 6 nitrogen and oxygen atoms in total. The van der Waals surface area contributed by atoms with Crippen molar-refractivity contribution in [2.24, 2.45) is 5.41 Å². The standard InChI is InChI=1S/C20H19FN4O2/c1-20(2)7-16-13(17(26)8-20)10-22-18-14(11-24-25(16)18)19(27)23-9-12-5-3-4-6-15(12)21/h3-6,10-11H,7-9H2,1-2H3,(H,23,27). The number of benzene rings is 1. The van der Waals surface area contributed by atoms with Crippen LogP contribution >= 0.6 is 0 Å². The molecule has 0 saturated carbocycles. The van der Waals surface area contributed by atoms with Gasteiger partial charge in [-0.25, -0.2) is 13.9 Å². The van der Waals surface area contributed by atoms with Crippen LogP contribution in [-0.2, 0) is 13.0 Å². The number of hydrogen-bond acceptors (Lipinski definition) is 4. The fourth-order valence-corrected chi connectivity index (χ4v) is 3.50. The van der Waals surface area contributed by atoms with Gasteiger partial charge in [0.15, 0.2) is 11.4 Å². The minimum Gasteiger partial charge on any atom is -0.348 e. The number of carbonyl (C=O) groups is 2.